The zero-order valence-electron chi connectivity index (χ0n) is 10.3. The Bertz CT molecular complexity index is 591. The fourth-order valence-electron chi connectivity index (χ4n) is 1.63. The summed E-state index contributed by atoms with van der Waals surface area (Å²) < 4.78 is 17.6. The maximum absolute atomic E-state index is 12.9. The van der Waals surface area contributed by atoms with Crippen LogP contribution < -0.4 is 0 Å². The van der Waals surface area contributed by atoms with Gasteiger partial charge in [0.1, 0.15) is 5.82 Å². The number of aromatic nitrogens is 1. The Morgan fingerprint density at radius 1 is 1.16 bits per heavy atom. The summed E-state index contributed by atoms with van der Waals surface area (Å²) >= 11 is 0. The molecule has 0 unspecified atom stereocenters. The van der Waals surface area contributed by atoms with Crippen LogP contribution in [0.1, 0.15) is 11.1 Å². The third kappa shape index (κ3) is 3.25. The number of hydrogen-bond donors (Lipinski definition) is 0. The molecule has 4 heteroatoms. The predicted molar refractivity (Wildman–Crippen MR) is 70.5 cm³/mol. The lowest BCUT2D eigenvalue weighted by Crippen LogP contribution is -2.03. The molecule has 1 aromatic carbocycles. The molecule has 0 aliphatic carbocycles. The average Bonchev–Trinajstić information content (AvgIpc) is 2.47. The molecule has 0 radical (unpaired) electrons. The van der Waals surface area contributed by atoms with E-state index in [1.807, 2.05) is 0 Å². The first-order valence-corrected chi connectivity index (χ1v) is 5.66. The Balaban J connectivity index is 2.44. The van der Waals surface area contributed by atoms with E-state index in [-0.39, 0.29) is 5.82 Å². The Labute approximate surface area is 110 Å². The summed E-state index contributed by atoms with van der Waals surface area (Å²) in [6, 6.07) is 9.30. The Hall–Kier alpha value is -2.49. The minimum absolute atomic E-state index is 0.319. The molecule has 0 N–H and O–H groups in total. The van der Waals surface area contributed by atoms with Crippen molar-refractivity contribution < 1.29 is 13.9 Å². The van der Waals surface area contributed by atoms with Crippen LogP contribution in [0.3, 0.4) is 0 Å². The van der Waals surface area contributed by atoms with Crippen LogP contribution in [0, 0.1) is 5.82 Å². The van der Waals surface area contributed by atoms with E-state index >= 15 is 0 Å². The summed E-state index contributed by atoms with van der Waals surface area (Å²) in [4.78, 5) is 15.7. The topological polar surface area (TPSA) is 39.2 Å². The number of esters is 1. The molecule has 1 heterocycles. The van der Waals surface area contributed by atoms with E-state index < -0.39 is 5.97 Å². The smallest absolute Gasteiger partial charge is 0.338 e. The minimum atomic E-state index is -0.449. The van der Waals surface area contributed by atoms with Gasteiger partial charge in [0, 0.05) is 12.4 Å². The normalized spacial score (nSPS) is 11.2. The second-order valence-corrected chi connectivity index (χ2v) is 3.84. The van der Waals surface area contributed by atoms with Crippen LogP contribution in [-0.4, -0.2) is 18.1 Å². The van der Waals surface area contributed by atoms with Crippen molar-refractivity contribution >= 4 is 17.6 Å². The van der Waals surface area contributed by atoms with Gasteiger partial charge in [0.15, 0.2) is 0 Å². The molecule has 19 heavy (non-hydrogen) atoms. The van der Waals surface area contributed by atoms with Gasteiger partial charge in [-0.1, -0.05) is 12.1 Å². The molecule has 2 rings (SSSR count). The summed E-state index contributed by atoms with van der Waals surface area (Å²) in [5, 5.41) is 0. The second-order valence-electron chi connectivity index (χ2n) is 3.84. The van der Waals surface area contributed by atoms with Crippen LogP contribution >= 0.6 is 0 Å². The number of pyridine rings is 1. The molecule has 0 saturated heterocycles. The van der Waals surface area contributed by atoms with Gasteiger partial charge in [-0.2, -0.15) is 0 Å². The summed E-state index contributed by atoms with van der Waals surface area (Å²) in [5.74, 6) is -0.767. The molecule has 96 valence electrons. The molecule has 0 aliphatic heterocycles. The van der Waals surface area contributed by atoms with Crippen LogP contribution in [0.25, 0.3) is 11.6 Å². The van der Waals surface area contributed by atoms with Crippen LogP contribution in [0.4, 0.5) is 4.39 Å². The van der Waals surface area contributed by atoms with Gasteiger partial charge in [-0.3, -0.25) is 4.98 Å². The highest BCUT2D eigenvalue weighted by Crippen LogP contribution is 2.19. The van der Waals surface area contributed by atoms with Crippen molar-refractivity contribution in [1.29, 1.82) is 0 Å². The number of hydrogen-bond acceptors (Lipinski definition) is 3. The third-order valence-corrected chi connectivity index (χ3v) is 2.58. The van der Waals surface area contributed by atoms with Gasteiger partial charge in [0.25, 0.3) is 0 Å². The summed E-state index contributed by atoms with van der Waals surface area (Å²) in [5.41, 5.74) is 1.82. The minimum Gasteiger partial charge on any atom is -0.465 e. The van der Waals surface area contributed by atoms with E-state index in [2.05, 4.69) is 4.98 Å². The van der Waals surface area contributed by atoms with Crippen LogP contribution in [-0.2, 0) is 9.53 Å². The van der Waals surface area contributed by atoms with E-state index in [1.165, 1.54) is 19.2 Å². The Morgan fingerprint density at radius 3 is 2.37 bits per heavy atom. The molecule has 0 aliphatic rings. The van der Waals surface area contributed by atoms with Crippen LogP contribution in [0.5, 0.6) is 0 Å². The lowest BCUT2D eigenvalue weighted by molar-refractivity contribution is -0.133. The van der Waals surface area contributed by atoms with Crippen molar-refractivity contribution in [3.63, 3.8) is 0 Å². The number of nitrogens with zero attached hydrogens (tertiary/aromatic N) is 1. The van der Waals surface area contributed by atoms with Gasteiger partial charge in [0.05, 0.1) is 12.7 Å². The van der Waals surface area contributed by atoms with Gasteiger partial charge >= 0.3 is 5.97 Å². The lowest BCUT2D eigenvalue weighted by atomic mass is 10.0. The zero-order valence-corrected chi connectivity index (χ0v) is 10.3. The van der Waals surface area contributed by atoms with Crippen LogP contribution in [0.15, 0.2) is 48.8 Å². The first-order chi connectivity index (χ1) is 9.20. The Kier molecular flexibility index (Phi) is 4.03. The molecular weight excluding hydrogens is 245 g/mol. The number of benzene rings is 1. The van der Waals surface area contributed by atoms with Crippen molar-refractivity contribution in [3.05, 3.63) is 65.7 Å². The van der Waals surface area contributed by atoms with Crippen molar-refractivity contribution in [2.75, 3.05) is 7.11 Å². The lowest BCUT2D eigenvalue weighted by Gasteiger charge is -2.05. The predicted octanol–water partition coefficient (Wildman–Crippen LogP) is 2.93. The quantitative estimate of drug-likeness (QED) is 0.627. The summed E-state index contributed by atoms with van der Waals surface area (Å²) in [7, 11) is 1.32. The Morgan fingerprint density at radius 2 is 1.79 bits per heavy atom. The van der Waals surface area contributed by atoms with E-state index in [0.717, 1.165) is 5.56 Å². The molecule has 0 fully saturated rings. The maximum atomic E-state index is 12.9. The molecule has 0 amide bonds. The number of rotatable bonds is 3. The average molecular weight is 257 g/mol. The highest BCUT2D eigenvalue weighted by Gasteiger charge is 2.12. The molecule has 3 nitrogen and oxygen atoms in total. The largest absolute Gasteiger partial charge is 0.465 e. The summed E-state index contributed by atoms with van der Waals surface area (Å²) in [6.07, 6.45) is 4.84. The number of carbonyl (C=O) groups excluding carboxylic acids is 1. The number of carbonyl (C=O) groups is 1. The molecule has 0 bridgehead atoms. The van der Waals surface area contributed by atoms with E-state index in [4.69, 9.17) is 4.74 Å². The van der Waals surface area contributed by atoms with Crippen molar-refractivity contribution in [2.24, 2.45) is 0 Å². The van der Waals surface area contributed by atoms with Crippen molar-refractivity contribution in [2.45, 2.75) is 0 Å². The highest BCUT2D eigenvalue weighted by atomic mass is 19.1. The van der Waals surface area contributed by atoms with Gasteiger partial charge in [0.2, 0.25) is 0 Å². The first kappa shape index (κ1) is 13.0. The first-order valence-electron chi connectivity index (χ1n) is 5.66. The van der Waals surface area contributed by atoms with Gasteiger partial charge in [-0.15, -0.1) is 0 Å². The van der Waals surface area contributed by atoms with Crippen molar-refractivity contribution in [1.82, 2.24) is 4.98 Å². The molecule has 1 aromatic heterocycles. The molecule has 2 aromatic rings. The number of ether oxygens (including phenoxy) is 1. The number of halogens is 1. The van der Waals surface area contributed by atoms with Gasteiger partial charge < -0.3 is 4.74 Å². The fourth-order valence-corrected chi connectivity index (χ4v) is 1.63. The monoisotopic (exact) mass is 257 g/mol. The third-order valence-electron chi connectivity index (χ3n) is 2.58. The number of methoxy groups -OCH3 is 1. The maximum Gasteiger partial charge on any atom is 0.338 e. The fraction of sp³-hybridized carbons (Fsp3) is 0.0667. The SMILES string of the molecule is COC(=O)/C(=C/c1ccc(F)cc1)c1ccncc1. The standard InChI is InChI=1S/C15H12FNO2/c1-19-15(18)14(12-6-8-17-9-7-12)10-11-2-4-13(16)5-3-11/h2-10H,1H3/b14-10+. The molecule has 0 spiro atoms. The van der Waals surface area contributed by atoms with Gasteiger partial charge in [-0.25, -0.2) is 9.18 Å². The van der Waals surface area contributed by atoms with Crippen molar-refractivity contribution in [3.8, 4) is 0 Å². The van der Waals surface area contributed by atoms with Gasteiger partial charge in [-0.05, 0) is 41.5 Å². The molecule has 0 atom stereocenters. The van der Waals surface area contributed by atoms with E-state index in [0.29, 0.717) is 11.1 Å². The van der Waals surface area contributed by atoms with E-state index in [1.54, 1.807) is 42.7 Å². The molecule has 0 saturated carbocycles. The molecular formula is C15H12FNO2. The van der Waals surface area contributed by atoms with Crippen LogP contribution in [0.2, 0.25) is 0 Å². The van der Waals surface area contributed by atoms with E-state index in [9.17, 15) is 9.18 Å². The highest BCUT2D eigenvalue weighted by molar-refractivity contribution is 6.21. The summed E-state index contributed by atoms with van der Waals surface area (Å²) in [6.45, 7) is 0. The second kappa shape index (κ2) is 5.91. The zero-order chi connectivity index (χ0) is 13.7.